The van der Waals surface area contributed by atoms with E-state index < -0.39 is 0 Å². The zero-order valence-electron chi connectivity index (χ0n) is 6.33. The summed E-state index contributed by atoms with van der Waals surface area (Å²) in [7, 11) is -0.245. The van der Waals surface area contributed by atoms with Crippen molar-refractivity contribution in [1.29, 1.82) is 0 Å². The van der Waals surface area contributed by atoms with Gasteiger partial charge in [0.25, 0.3) is 0 Å². The Hall–Kier alpha value is -1.26. The normalized spacial score (nSPS) is 10.8. The van der Waals surface area contributed by atoms with Crippen LogP contribution in [0.15, 0.2) is 42.1 Å². The number of hydrogen-bond donors (Lipinski definition) is 0. The van der Waals surface area contributed by atoms with Crippen molar-refractivity contribution >= 4 is 14.7 Å². The lowest BCUT2D eigenvalue weighted by molar-refractivity contribution is 1.77. The zero-order valence-corrected chi connectivity index (χ0v) is 7.74. The van der Waals surface area contributed by atoms with Gasteiger partial charge in [0, 0.05) is 0 Å². The number of terminal acetylenes is 1. The first-order valence-corrected chi connectivity index (χ1v) is 5.11. The Balaban J connectivity index is 2.53. The van der Waals surface area contributed by atoms with Crippen molar-refractivity contribution in [2.45, 2.75) is 0 Å². The molecule has 0 unspecified atom stereocenters. The largest absolute Gasteiger partial charge is 0.115 e. The summed E-state index contributed by atoms with van der Waals surface area (Å²) in [6, 6.07) is 10.4. The molecule has 0 atom stereocenters. The van der Waals surface area contributed by atoms with Crippen LogP contribution in [0, 0.1) is 12.3 Å². The molecular weight excluding hydrogens is 148 g/mol. The van der Waals surface area contributed by atoms with Gasteiger partial charge in [0.1, 0.15) is 0 Å². The molecule has 0 aliphatic heterocycles. The van der Waals surface area contributed by atoms with Crippen molar-refractivity contribution < 1.29 is 0 Å². The standard InChI is InChI=1S/C10H10Si/c1-2-3-9-11-10-7-5-4-6-8-10/h1,3-9H,11H2. The highest BCUT2D eigenvalue weighted by molar-refractivity contribution is 6.58. The quantitative estimate of drug-likeness (QED) is 0.437. The van der Waals surface area contributed by atoms with Crippen LogP contribution in [0.1, 0.15) is 0 Å². The summed E-state index contributed by atoms with van der Waals surface area (Å²) in [5.74, 6) is 2.49. The second kappa shape index (κ2) is 4.54. The average molecular weight is 158 g/mol. The van der Waals surface area contributed by atoms with E-state index in [0.29, 0.717) is 0 Å². The van der Waals surface area contributed by atoms with Crippen LogP contribution < -0.4 is 5.19 Å². The minimum atomic E-state index is -0.245. The summed E-state index contributed by atoms with van der Waals surface area (Å²) in [6.07, 6.45) is 6.87. The average Bonchev–Trinajstić information content (AvgIpc) is 2.07. The Morgan fingerprint density at radius 2 is 2.00 bits per heavy atom. The van der Waals surface area contributed by atoms with E-state index in [1.807, 2.05) is 6.07 Å². The van der Waals surface area contributed by atoms with E-state index in [1.165, 1.54) is 5.19 Å². The maximum absolute atomic E-state index is 5.08. The minimum Gasteiger partial charge on any atom is -0.115 e. The molecule has 0 aliphatic carbocycles. The van der Waals surface area contributed by atoms with Crippen molar-refractivity contribution in [1.82, 2.24) is 0 Å². The van der Waals surface area contributed by atoms with Crippen molar-refractivity contribution in [3.8, 4) is 12.3 Å². The Labute approximate surface area is 69.8 Å². The highest BCUT2D eigenvalue weighted by Crippen LogP contribution is 1.81. The van der Waals surface area contributed by atoms with Crippen molar-refractivity contribution in [2.75, 3.05) is 0 Å². The highest BCUT2D eigenvalue weighted by Gasteiger charge is 1.84. The van der Waals surface area contributed by atoms with E-state index in [2.05, 4.69) is 35.9 Å². The topological polar surface area (TPSA) is 0 Å². The smallest absolute Gasteiger partial charge is 0.0791 e. The lowest BCUT2D eigenvalue weighted by Crippen LogP contribution is -2.09. The molecule has 1 heteroatoms. The third-order valence-corrected chi connectivity index (χ3v) is 2.82. The number of hydrogen-bond acceptors (Lipinski definition) is 0. The lowest BCUT2D eigenvalue weighted by atomic mass is 10.4. The van der Waals surface area contributed by atoms with Gasteiger partial charge >= 0.3 is 0 Å². The van der Waals surface area contributed by atoms with Crippen LogP contribution in [0.25, 0.3) is 0 Å². The second-order valence-electron chi connectivity index (χ2n) is 2.26. The molecule has 0 heterocycles. The summed E-state index contributed by atoms with van der Waals surface area (Å²) in [5.41, 5.74) is 2.12. The molecule has 0 aliphatic rings. The van der Waals surface area contributed by atoms with Crippen LogP contribution in [0.5, 0.6) is 0 Å². The van der Waals surface area contributed by atoms with Gasteiger partial charge in [-0.1, -0.05) is 47.1 Å². The molecule has 0 saturated carbocycles. The molecule has 0 aromatic heterocycles. The third kappa shape index (κ3) is 2.88. The SMILES string of the molecule is C#CC=C[SiH2]c1ccccc1. The fraction of sp³-hybridized carbons (Fsp3) is 0. The van der Waals surface area contributed by atoms with E-state index in [1.54, 1.807) is 6.08 Å². The van der Waals surface area contributed by atoms with Crippen LogP contribution in [-0.2, 0) is 0 Å². The number of allylic oxidation sites excluding steroid dienone is 1. The predicted molar refractivity (Wildman–Crippen MR) is 52.6 cm³/mol. The molecule has 0 radical (unpaired) electrons. The maximum Gasteiger partial charge on any atom is 0.0791 e. The molecule has 1 rings (SSSR count). The maximum atomic E-state index is 5.08. The predicted octanol–water partition coefficient (Wildman–Crippen LogP) is 0.628. The Bertz CT molecular complexity index is 267. The van der Waals surface area contributed by atoms with Crippen LogP contribution in [0.2, 0.25) is 0 Å². The molecule has 54 valence electrons. The molecule has 1 aromatic carbocycles. The molecule has 0 spiro atoms. The lowest BCUT2D eigenvalue weighted by Gasteiger charge is -1.91. The van der Waals surface area contributed by atoms with E-state index in [0.717, 1.165) is 0 Å². The zero-order chi connectivity index (χ0) is 7.94. The Morgan fingerprint density at radius 1 is 1.27 bits per heavy atom. The van der Waals surface area contributed by atoms with Crippen LogP contribution in [-0.4, -0.2) is 9.52 Å². The molecule has 0 N–H and O–H groups in total. The van der Waals surface area contributed by atoms with Gasteiger partial charge in [0.15, 0.2) is 0 Å². The third-order valence-electron chi connectivity index (χ3n) is 1.41. The summed E-state index contributed by atoms with van der Waals surface area (Å²) in [5, 5.41) is 1.43. The molecule has 11 heavy (non-hydrogen) atoms. The fourth-order valence-corrected chi connectivity index (χ4v) is 1.95. The van der Waals surface area contributed by atoms with E-state index >= 15 is 0 Å². The summed E-state index contributed by atoms with van der Waals surface area (Å²) in [6.45, 7) is 0. The van der Waals surface area contributed by atoms with Crippen LogP contribution >= 0.6 is 0 Å². The first kappa shape index (κ1) is 7.84. The second-order valence-corrected chi connectivity index (χ2v) is 3.95. The van der Waals surface area contributed by atoms with Crippen molar-refractivity contribution in [3.05, 3.63) is 42.1 Å². The molecule has 0 nitrogen and oxygen atoms in total. The molecule has 0 bridgehead atoms. The fourth-order valence-electron chi connectivity index (χ4n) is 0.877. The van der Waals surface area contributed by atoms with Gasteiger partial charge in [-0.25, -0.2) is 0 Å². The molecule has 0 saturated heterocycles. The van der Waals surface area contributed by atoms with Crippen molar-refractivity contribution in [3.63, 3.8) is 0 Å². The Morgan fingerprint density at radius 3 is 2.64 bits per heavy atom. The van der Waals surface area contributed by atoms with E-state index in [9.17, 15) is 0 Å². The van der Waals surface area contributed by atoms with E-state index in [4.69, 9.17) is 6.42 Å². The first-order chi connectivity index (χ1) is 5.43. The van der Waals surface area contributed by atoms with Gasteiger partial charge in [-0.05, 0) is 6.08 Å². The summed E-state index contributed by atoms with van der Waals surface area (Å²) in [4.78, 5) is 0. The Kier molecular flexibility index (Phi) is 3.23. The summed E-state index contributed by atoms with van der Waals surface area (Å²) < 4.78 is 0. The number of rotatable bonds is 2. The van der Waals surface area contributed by atoms with Crippen LogP contribution in [0.3, 0.4) is 0 Å². The van der Waals surface area contributed by atoms with Gasteiger partial charge < -0.3 is 0 Å². The van der Waals surface area contributed by atoms with Gasteiger partial charge in [-0.3, -0.25) is 0 Å². The van der Waals surface area contributed by atoms with E-state index in [-0.39, 0.29) is 9.52 Å². The summed E-state index contributed by atoms with van der Waals surface area (Å²) >= 11 is 0. The van der Waals surface area contributed by atoms with Gasteiger partial charge in [-0.15, -0.1) is 6.42 Å². The minimum absolute atomic E-state index is 0.245. The van der Waals surface area contributed by atoms with Crippen LogP contribution in [0.4, 0.5) is 0 Å². The molecular formula is C10H10Si. The molecule has 1 aromatic rings. The van der Waals surface area contributed by atoms with Gasteiger partial charge in [0.2, 0.25) is 0 Å². The van der Waals surface area contributed by atoms with Crippen molar-refractivity contribution in [2.24, 2.45) is 0 Å². The van der Waals surface area contributed by atoms with Gasteiger partial charge in [-0.2, -0.15) is 0 Å². The van der Waals surface area contributed by atoms with Gasteiger partial charge in [0.05, 0.1) is 9.52 Å². The molecule has 0 fully saturated rings. The number of benzene rings is 1. The molecule has 0 amide bonds. The monoisotopic (exact) mass is 158 g/mol. The first-order valence-electron chi connectivity index (χ1n) is 3.58. The highest BCUT2D eigenvalue weighted by atomic mass is 28.2.